The molecule has 0 spiro atoms. The van der Waals surface area contributed by atoms with E-state index in [2.05, 4.69) is 71.2 Å². The lowest BCUT2D eigenvalue weighted by molar-refractivity contribution is -0.123. The number of anilines is 5. The van der Waals surface area contributed by atoms with E-state index in [0.717, 1.165) is 62.6 Å². The number of carbonyl (C=O) groups excluding carboxylic acids is 5. The van der Waals surface area contributed by atoms with Gasteiger partial charge in [0.2, 0.25) is 29.6 Å². The van der Waals surface area contributed by atoms with Gasteiger partial charge < -0.3 is 61.6 Å². The SMILES string of the molecule is Cc1cccc(Nc2nc(Nc3cccc(NC(=O)C=CCN(C)CCCCNC(=O)CCCC(=O)NCCCOCCOCCOCCCNC(=O)CCCC[C@@H]4SC[C@]5(C)NC(=O)N[C@]45C)c3)ncc2F)c1. The molecule has 3 aromatic rings. The third-order valence-electron chi connectivity index (χ3n) is 12.8. The Labute approximate surface area is 439 Å². The highest BCUT2D eigenvalue weighted by Crippen LogP contribution is 2.47. The molecule has 2 aromatic carbocycles. The Balaban J connectivity index is 0.756. The van der Waals surface area contributed by atoms with Gasteiger partial charge in [-0.1, -0.05) is 30.7 Å². The molecule has 406 valence electrons. The molecule has 21 heteroatoms. The maximum absolute atomic E-state index is 14.5. The number of carbonyl (C=O) groups is 5. The van der Waals surface area contributed by atoms with E-state index in [1.807, 2.05) is 50.0 Å². The lowest BCUT2D eigenvalue weighted by Crippen LogP contribution is -2.58. The van der Waals surface area contributed by atoms with E-state index in [1.165, 1.54) is 6.08 Å². The van der Waals surface area contributed by atoms with E-state index >= 15 is 0 Å². The first-order valence-corrected chi connectivity index (χ1v) is 26.9. The number of ether oxygens (including phenoxy) is 3. The fourth-order valence-corrected chi connectivity index (χ4v) is 10.3. The molecule has 2 aliphatic rings. The van der Waals surface area contributed by atoms with E-state index in [4.69, 9.17) is 14.2 Å². The lowest BCUT2D eigenvalue weighted by atomic mass is 9.79. The molecule has 2 fully saturated rings. The van der Waals surface area contributed by atoms with Gasteiger partial charge in [-0.3, -0.25) is 19.2 Å². The van der Waals surface area contributed by atoms with Crippen LogP contribution >= 0.6 is 11.8 Å². The summed E-state index contributed by atoms with van der Waals surface area (Å²) in [7, 11) is 1.96. The van der Waals surface area contributed by atoms with Gasteiger partial charge in [-0.25, -0.2) is 14.2 Å². The van der Waals surface area contributed by atoms with E-state index in [1.54, 1.807) is 30.3 Å². The van der Waals surface area contributed by atoms with Crippen LogP contribution in [0.5, 0.6) is 0 Å². The topological polar surface area (TPSA) is 238 Å². The number of likely N-dealkylation sites (N-methyl/N-ethyl adjacent to an activating group) is 1. The van der Waals surface area contributed by atoms with Crippen molar-refractivity contribution in [2.75, 3.05) is 101 Å². The number of hydrogen-bond acceptors (Lipinski definition) is 14. The number of amides is 6. The number of urea groups is 1. The van der Waals surface area contributed by atoms with Crippen molar-refractivity contribution in [2.45, 2.75) is 108 Å². The number of rotatable bonds is 36. The molecule has 3 atom stereocenters. The number of nitrogens with one attached hydrogen (secondary N) is 8. The van der Waals surface area contributed by atoms with Gasteiger partial charge >= 0.3 is 6.03 Å². The van der Waals surface area contributed by atoms with E-state index in [0.29, 0.717) is 107 Å². The molecule has 0 radical (unpaired) electrons. The minimum Gasteiger partial charge on any atom is -0.379 e. The molecule has 74 heavy (non-hydrogen) atoms. The molecule has 19 nitrogen and oxygen atoms in total. The molecular weight excluding hydrogens is 970 g/mol. The Morgan fingerprint density at radius 1 is 0.770 bits per heavy atom. The Kier molecular flexibility index (Phi) is 25.3. The quantitative estimate of drug-likeness (QED) is 0.0177. The molecule has 1 aromatic heterocycles. The Morgan fingerprint density at radius 3 is 2.05 bits per heavy atom. The summed E-state index contributed by atoms with van der Waals surface area (Å²) in [5.74, 6) is 0.142. The first kappa shape index (κ1) is 59.0. The number of unbranched alkanes of at least 4 members (excludes halogenated alkanes) is 2. The number of fused-ring (bicyclic) bond motifs is 1. The minimum atomic E-state index is -0.587. The van der Waals surface area contributed by atoms with E-state index in [9.17, 15) is 28.4 Å². The highest BCUT2D eigenvalue weighted by atomic mass is 32.2. The second kappa shape index (κ2) is 31.8. The van der Waals surface area contributed by atoms with Crippen molar-refractivity contribution in [1.82, 2.24) is 41.5 Å². The van der Waals surface area contributed by atoms with Crippen molar-refractivity contribution < 1.29 is 42.6 Å². The van der Waals surface area contributed by atoms with Crippen LogP contribution in [0.15, 0.2) is 66.9 Å². The largest absolute Gasteiger partial charge is 0.379 e. The number of hydrogen-bond donors (Lipinski definition) is 8. The summed E-state index contributed by atoms with van der Waals surface area (Å²) in [6, 6.07) is 14.5. The van der Waals surface area contributed by atoms with Crippen LogP contribution in [0.25, 0.3) is 0 Å². The molecule has 0 saturated carbocycles. The van der Waals surface area contributed by atoms with Gasteiger partial charge in [0.25, 0.3) is 0 Å². The number of benzene rings is 2. The molecular formula is C53H78FN11O8S. The molecule has 6 amide bonds. The summed E-state index contributed by atoms with van der Waals surface area (Å²) in [6.45, 7) is 12.0. The van der Waals surface area contributed by atoms with Crippen molar-refractivity contribution >= 4 is 70.3 Å². The van der Waals surface area contributed by atoms with Crippen LogP contribution in [0.1, 0.15) is 90.0 Å². The van der Waals surface area contributed by atoms with Gasteiger partial charge in [0, 0.05) is 92.8 Å². The zero-order valence-electron chi connectivity index (χ0n) is 43.6. The van der Waals surface area contributed by atoms with Gasteiger partial charge in [0.15, 0.2) is 11.6 Å². The maximum atomic E-state index is 14.5. The Morgan fingerprint density at radius 2 is 1.38 bits per heavy atom. The van der Waals surface area contributed by atoms with Crippen LogP contribution in [0, 0.1) is 12.7 Å². The van der Waals surface area contributed by atoms with E-state index in [-0.39, 0.29) is 65.3 Å². The summed E-state index contributed by atoms with van der Waals surface area (Å²) < 4.78 is 31.2. The first-order chi connectivity index (χ1) is 35.7. The van der Waals surface area contributed by atoms with Crippen LogP contribution in [0.4, 0.5) is 38.0 Å². The average molecular weight is 1050 g/mol. The summed E-state index contributed by atoms with van der Waals surface area (Å²) in [6.07, 6.45) is 11.7. The molecule has 5 rings (SSSR count). The number of aromatic nitrogens is 2. The van der Waals surface area contributed by atoms with Crippen molar-refractivity contribution in [2.24, 2.45) is 0 Å². The van der Waals surface area contributed by atoms with Crippen LogP contribution in [-0.2, 0) is 33.4 Å². The molecule has 3 heterocycles. The second-order valence-electron chi connectivity index (χ2n) is 19.1. The summed E-state index contributed by atoms with van der Waals surface area (Å²) >= 11 is 1.89. The third kappa shape index (κ3) is 21.2. The third-order valence-corrected chi connectivity index (χ3v) is 14.6. The predicted molar refractivity (Wildman–Crippen MR) is 288 cm³/mol. The molecule has 8 N–H and O–H groups in total. The minimum absolute atomic E-state index is 0.0368. The molecule has 2 aliphatic heterocycles. The first-order valence-electron chi connectivity index (χ1n) is 25.9. The summed E-state index contributed by atoms with van der Waals surface area (Å²) in [5, 5.41) is 24.2. The lowest BCUT2D eigenvalue weighted by Gasteiger charge is -2.35. The van der Waals surface area contributed by atoms with Gasteiger partial charge in [-0.2, -0.15) is 16.7 Å². The van der Waals surface area contributed by atoms with Crippen LogP contribution in [0.3, 0.4) is 0 Å². The second-order valence-corrected chi connectivity index (χ2v) is 20.2. The van der Waals surface area contributed by atoms with Crippen molar-refractivity contribution in [3.63, 3.8) is 0 Å². The van der Waals surface area contributed by atoms with Crippen LogP contribution in [-0.4, -0.2) is 146 Å². The van der Waals surface area contributed by atoms with Gasteiger partial charge in [-0.15, -0.1) is 0 Å². The van der Waals surface area contributed by atoms with Crippen molar-refractivity contribution in [3.8, 4) is 0 Å². The highest BCUT2D eigenvalue weighted by Gasteiger charge is 2.60. The van der Waals surface area contributed by atoms with Crippen LogP contribution < -0.4 is 42.5 Å². The number of aryl methyl sites for hydroxylation is 1. The van der Waals surface area contributed by atoms with Gasteiger partial charge in [0.05, 0.1) is 43.7 Å². The fourth-order valence-electron chi connectivity index (χ4n) is 8.38. The Hall–Kier alpha value is -5.87. The zero-order valence-corrected chi connectivity index (χ0v) is 44.4. The Bertz CT molecular complexity index is 2300. The average Bonchev–Trinajstić information content (AvgIpc) is 3.74. The number of nitrogens with zero attached hydrogens (tertiary/aromatic N) is 3. The van der Waals surface area contributed by atoms with Gasteiger partial charge in [-0.05, 0) is 115 Å². The normalized spacial score (nSPS) is 17.9. The summed E-state index contributed by atoms with van der Waals surface area (Å²) in [5.41, 5.74) is 2.42. The highest BCUT2D eigenvalue weighted by molar-refractivity contribution is 8.00. The maximum Gasteiger partial charge on any atom is 0.315 e. The van der Waals surface area contributed by atoms with Crippen molar-refractivity contribution in [1.29, 1.82) is 0 Å². The monoisotopic (exact) mass is 1050 g/mol. The smallest absolute Gasteiger partial charge is 0.315 e. The molecule has 2 saturated heterocycles. The number of thioether (sulfide) groups is 1. The molecule has 0 bridgehead atoms. The van der Waals surface area contributed by atoms with Crippen molar-refractivity contribution in [3.05, 3.63) is 78.3 Å². The standard InChI is InChI=1S/C53H78FN11O8S/c1-39-15-9-16-40(35-39)60-49-43(54)37-58-50(62-49)61-42-18-10-17-41(36-42)59-48(69)23-12-28-65(4)27-8-7-24-55-46(67)21-11-22-47(68)57-26-14-30-72-32-34-73-33-31-71-29-13-25-56-45(66)20-6-5-19-44-53(3)52(2,38-74-44)63-51(70)64-53/h9-10,12,15-18,23,35-37,44H,5-8,11,13-14,19-22,24-34,38H2,1-4H3,(H,55,67)(H,56,66)(H,57,68)(H,59,69)(H2,63,64,70)(H2,58,60,61,62)/t44-,52-,53+/m0/s1. The summed E-state index contributed by atoms with van der Waals surface area (Å²) in [4.78, 5) is 71.7. The number of halogens is 1. The predicted octanol–water partition coefficient (Wildman–Crippen LogP) is 6.47. The van der Waals surface area contributed by atoms with Gasteiger partial charge in [0.1, 0.15) is 0 Å². The van der Waals surface area contributed by atoms with Crippen LogP contribution in [0.2, 0.25) is 0 Å². The fraction of sp³-hybridized carbons (Fsp3) is 0.566. The zero-order chi connectivity index (χ0) is 53.0. The molecule has 0 unspecified atom stereocenters. The molecule has 0 aliphatic carbocycles. The van der Waals surface area contributed by atoms with E-state index < -0.39 is 5.82 Å².